The number of fused-ring (bicyclic) bond motifs is 1. The molecule has 2 aliphatic rings. The van der Waals surface area contributed by atoms with E-state index >= 15 is 0 Å². The lowest BCUT2D eigenvalue weighted by atomic mass is 9.91. The molecule has 3 rings (SSSR count). The van der Waals surface area contributed by atoms with Crippen LogP contribution >= 0.6 is 0 Å². The van der Waals surface area contributed by atoms with Gasteiger partial charge in [0.25, 0.3) is 0 Å². The second-order valence-electron chi connectivity index (χ2n) is 6.45. The Hall–Kier alpha value is -1.26. The average molecular weight is 290 g/mol. The molecule has 1 saturated heterocycles. The van der Waals surface area contributed by atoms with Crippen molar-refractivity contribution >= 4 is 0 Å². The first-order valence-corrected chi connectivity index (χ1v) is 7.97. The Balaban J connectivity index is 1.61. The van der Waals surface area contributed by atoms with E-state index < -0.39 is 0 Å². The minimum atomic E-state index is 0.321. The molecule has 0 spiro atoms. The van der Waals surface area contributed by atoms with E-state index in [4.69, 9.17) is 9.47 Å². The minimum absolute atomic E-state index is 0.321. The Bertz CT molecular complexity index is 492. The maximum atomic E-state index is 5.47. The molecule has 3 unspecified atom stereocenters. The van der Waals surface area contributed by atoms with Crippen LogP contribution in [0.1, 0.15) is 38.3 Å². The van der Waals surface area contributed by atoms with Crippen molar-refractivity contribution in [3.05, 3.63) is 23.8 Å². The van der Waals surface area contributed by atoms with Gasteiger partial charge in [0.1, 0.15) is 0 Å². The van der Waals surface area contributed by atoms with Crippen LogP contribution in [0.5, 0.6) is 11.5 Å². The SMILES string of the molecule is CC(NC(C)C1CCCN(C)C1)c1ccc2c(c1)OCO2. The molecule has 1 fully saturated rings. The van der Waals surface area contributed by atoms with Crippen molar-refractivity contribution in [2.24, 2.45) is 5.92 Å². The van der Waals surface area contributed by atoms with Crippen LogP contribution in [0.25, 0.3) is 0 Å². The van der Waals surface area contributed by atoms with Gasteiger partial charge in [-0.05, 0) is 63.9 Å². The molecular weight excluding hydrogens is 264 g/mol. The Morgan fingerprint density at radius 2 is 2.05 bits per heavy atom. The molecule has 0 aromatic heterocycles. The summed E-state index contributed by atoms with van der Waals surface area (Å²) in [5.74, 6) is 2.46. The molecule has 4 nitrogen and oxygen atoms in total. The van der Waals surface area contributed by atoms with Crippen molar-refractivity contribution < 1.29 is 9.47 Å². The van der Waals surface area contributed by atoms with Crippen molar-refractivity contribution in [1.29, 1.82) is 0 Å². The second kappa shape index (κ2) is 6.24. The summed E-state index contributed by atoms with van der Waals surface area (Å²) in [6.07, 6.45) is 2.64. The van der Waals surface area contributed by atoms with Gasteiger partial charge in [-0.25, -0.2) is 0 Å². The maximum absolute atomic E-state index is 5.47. The molecule has 1 aromatic rings. The summed E-state index contributed by atoms with van der Waals surface area (Å²) in [6, 6.07) is 7.08. The summed E-state index contributed by atoms with van der Waals surface area (Å²) >= 11 is 0. The first-order valence-electron chi connectivity index (χ1n) is 7.97. The number of hydrogen-bond acceptors (Lipinski definition) is 4. The van der Waals surface area contributed by atoms with Gasteiger partial charge in [-0.1, -0.05) is 6.07 Å². The van der Waals surface area contributed by atoms with Crippen LogP contribution in [0.3, 0.4) is 0 Å². The van der Waals surface area contributed by atoms with Gasteiger partial charge in [0.05, 0.1) is 0 Å². The number of benzene rings is 1. The lowest BCUT2D eigenvalue weighted by Crippen LogP contribution is -2.43. The number of likely N-dealkylation sites (tertiary alicyclic amines) is 1. The average Bonchev–Trinajstić information content (AvgIpc) is 2.94. The number of rotatable bonds is 4. The number of nitrogens with zero attached hydrogens (tertiary/aromatic N) is 1. The Morgan fingerprint density at radius 1 is 1.24 bits per heavy atom. The molecule has 2 aliphatic heterocycles. The van der Waals surface area contributed by atoms with Crippen molar-refractivity contribution in [1.82, 2.24) is 10.2 Å². The topological polar surface area (TPSA) is 33.7 Å². The molecule has 21 heavy (non-hydrogen) atoms. The number of nitrogens with one attached hydrogen (secondary N) is 1. The summed E-state index contributed by atoms with van der Waals surface area (Å²) < 4.78 is 10.8. The molecular formula is C17H26N2O2. The maximum Gasteiger partial charge on any atom is 0.231 e. The van der Waals surface area contributed by atoms with Gasteiger partial charge in [0, 0.05) is 18.6 Å². The Labute approximate surface area is 127 Å². The highest BCUT2D eigenvalue weighted by atomic mass is 16.7. The van der Waals surface area contributed by atoms with E-state index in [1.807, 2.05) is 6.07 Å². The van der Waals surface area contributed by atoms with Gasteiger partial charge in [0.15, 0.2) is 11.5 Å². The molecule has 4 heteroatoms. The summed E-state index contributed by atoms with van der Waals surface area (Å²) in [5, 5.41) is 3.75. The van der Waals surface area contributed by atoms with Gasteiger partial charge in [-0.2, -0.15) is 0 Å². The predicted molar refractivity (Wildman–Crippen MR) is 83.8 cm³/mol. The zero-order valence-corrected chi connectivity index (χ0v) is 13.3. The standard InChI is InChI=1S/C17H26N2O2/c1-12(14-6-7-16-17(9-14)21-11-20-16)18-13(2)15-5-4-8-19(3)10-15/h6-7,9,12-13,15,18H,4-5,8,10-11H2,1-3H3. The highest BCUT2D eigenvalue weighted by molar-refractivity contribution is 5.45. The van der Waals surface area contributed by atoms with E-state index in [-0.39, 0.29) is 0 Å². The molecule has 0 saturated carbocycles. The minimum Gasteiger partial charge on any atom is -0.454 e. The molecule has 116 valence electrons. The van der Waals surface area contributed by atoms with Crippen LogP contribution in [0, 0.1) is 5.92 Å². The van der Waals surface area contributed by atoms with Gasteiger partial charge >= 0.3 is 0 Å². The smallest absolute Gasteiger partial charge is 0.231 e. The third-order valence-electron chi connectivity index (χ3n) is 4.78. The zero-order chi connectivity index (χ0) is 14.8. The molecule has 3 atom stereocenters. The molecule has 0 amide bonds. The number of ether oxygens (including phenoxy) is 2. The fraction of sp³-hybridized carbons (Fsp3) is 0.647. The van der Waals surface area contributed by atoms with E-state index in [1.165, 1.54) is 31.5 Å². The third-order valence-corrected chi connectivity index (χ3v) is 4.78. The van der Waals surface area contributed by atoms with Crippen molar-refractivity contribution in [3.63, 3.8) is 0 Å². The summed E-state index contributed by atoms with van der Waals surface area (Å²) in [7, 11) is 2.22. The van der Waals surface area contributed by atoms with Crippen LogP contribution in [0.2, 0.25) is 0 Å². The number of hydrogen-bond donors (Lipinski definition) is 1. The summed E-state index contributed by atoms with van der Waals surface area (Å²) in [4.78, 5) is 2.44. The molecule has 0 radical (unpaired) electrons. The van der Waals surface area contributed by atoms with Crippen molar-refractivity contribution in [2.75, 3.05) is 26.9 Å². The van der Waals surface area contributed by atoms with Gasteiger partial charge in [-0.3, -0.25) is 0 Å². The molecule has 1 aromatic carbocycles. The second-order valence-corrected chi connectivity index (χ2v) is 6.45. The van der Waals surface area contributed by atoms with Crippen LogP contribution in [-0.2, 0) is 0 Å². The lowest BCUT2D eigenvalue weighted by Gasteiger charge is -2.35. The van der Waals surface area contributed by atoms with E-state index in [0.717, 1.165) is 17.4 Å². The van der Waals surface area contributed by atoms with Crippen molar-refractivity contribution in [2.45, 2.75) is 38.8 Å². The zero-order valence-electron chi connectivity index (χ0n) is 13.3. The highest BCUT2D eigenvalue weighted by Crippen LogP contribution is 2.34. The van der Waals surface area contributed by atoms with E-state index in [0.29, 0.717) is 18.9 Å². The number of piperidine rings is 1. The molecule has 0 aliphatic carbocycles. The van der Waals surface area contributed by atoms with E-state index in [1.54, 1.807) is 0 Å². The predicted octanol–water partition coefficient (Wildman–Crippen LogP) is 2.80. The Morgan fingerprint density at radius 3 is 2.86 bits per heavy atom. The quantitative estimate of drug-likeness (QED) is 0.924. The molecule has 1 N–H and O–H groups in total. The fourth-order valence-corrected chi connectivity index (χ4v) is 3.42. The van der Waals surface area contributed by atoms with Gasteiger partial charge in [0.2, 0.25) is 6.79 Å². The third kappa shape index (κ3) is 3.33. The fourth-order valence-electron chi connectivity index (χ4n) is 3.42. The lowest BCUT2D eigenvalue weighted by molar-refractivity contribution is 0.173. The Kier molecular flexibility index (Phi) is 4.36. The van der Waals surface area contributed by atoms with Crippen LogP contribution in [0.4, 0.5) is 0 Å². The van der Waals surface area contributed by atoms with Crippen LogP contribution < -0.4 is 14.8 Å². The van der Waals surface area contributed by atoms with E-state index in [9.17, 15) is 0 Å². The van der Waals surface area contributed by atoms with Gasteiger partial charge < -0.3 is 19.7 Å². The molecule has 0 bridgehead atoms. The van der Waals surface area contributed by atoms with Crippen LogP contribution in [-0.4, -0.2) is 37.9 Å². The van der Waals surface area contributed by atoms with Crippen molar-refractivity contribution in [3.8, 4) is 11.5 Å². The highest BCUT2D eigenvalue weighted by Gasteiger charge is 2.24. The first kappa shape index (κ1) is 14.7. The molecule has 2 heterocycles. The largest absolute Gasteiger partial charge is 0.454 e. The van der Waals surface area contributed by atoms with Crippen LogP contribution in [0.15, 0.2) is 18.2 Å². The monoisotopic (exact) mass is 290 g/mol. The summed E-state index contributed by atoms with van der Waals surface area (Å²) in [5.41, 5.74) is 1.26. The van der Waals surface area contributed by atoms with E-state index in [2.05, 4.69) is 43.2 Å². The first-order chi connectivity index (χ1) is 10.1. The normalized spacial score (nSPS) is 24.8. The summed E-state index contributed by atoms with van der Waals surface area (Å²) in [6.45, 7) is 7.31. The van der Waals surface area contributed by atoms with Gasteiger partial charge in [-0.15, -0.1) is 0 Å².